The summed E-state index contributed by atoms with van der Waals surface area (Å²) in [5.41, 5.74) is 4.41. The number of thiocarbonyl (C=S) groups is 1. The second-order valence-corrected chi connectivity index (χ2v) is 4.93. The largest absolute Gasteiger partial charge is 0.406 e. The number of carbonyl (C=O) groups is 1. The van der Waals surface area contributed by atoms with Gasteiger partial charge >= 0.3 is 6.18 Å². The van der Waals surface area contributed by atoms with Crippen molar-refractivity contribution in [3.63, 3.8) is 0 Å². The Morgan fingerprint density at radius 1 is 1.42 bits per heavy atom. The maximum absolute atomic E-state index is 12.5. The summed E-state index contributed by atoms with van der Waals surface area (Å²) in [6.07, 6.45) is -3.97. The first-order valence-corrected chi connectivity index (χ1v) is 6.37. The van der Waals surface area contributed by atoms with Crippen molar-refractivity contribution in [3.8, 4) is 0 Å². The molecule has 0 saturated carbocycles. The highest BCUT2D eigenvalue weighted by Gasteiger charge is 2.46. The van der Waals surface area contributed by atoms with Crippen molar-refractivity contribution < 1.29 is 22.7 Å². The Hall–Kier alpha value is -0.890. The van der Waals surface area contributed by atoms with Crippen LogP contribution in [0.5, 0.6) is 0 Å². The quantitative estimate of drug-likeness (QED) is 0.799. The van der Waals surface area contributed by atoms with Gasteiger partial charge in [0.1, 0.15) is 12.0 Å². The molecule has 0 spiro atoms. The SMILES string of the molecule is CCN(CC(F)(F)F)C(=O)C1(C(N)=S)CCOCC1. The lowest BCUT2D eigenvalue weighted by atomic mass is 9.78. The number of hydrogen-bond donors (Lipinski definition) is 1. The maximum atomic E-state index is 12.5. The number of nitrogens with two attached hydrogens (primary N) is 1. The van der Waals surface area contributed by atoms with Crippen molar-refractivity contribution in [1.29, 1.82) is 0 Å². The molecule has 0 unspecified atom stereocenters. The van der Waals surface area contributed by atoms with Crippen molar-refractivity contribution >= 4 is 23.1 Å². The van der Waals surface area contributed by atoms with Gasteiger partial charge in [-0.2, -0.15) is 13.2 Å². The van der Waals surface area contributed by atoms with Crippen LogP contribution in [0, 0.1) is 5.41 Å². The van der Waals surface area contributed by atoms with Crippen LogP contribution in [-0.2, 0) is 9.53 Å². The second kappa shape index (κ2) is 6.04. The molecule has 19 heavy (non-hydrogen) atoms. The summed E-state index contributed by atoms with van der Waals surface area (Å²) in [5.74, 6) is -0.650. The molecule has 1 fully saturated rings. The molecular formula is C11H17F3N2O2S. The Balaban J connectivity index is 2.95. The number of halogens is 3. The molecule has 0 aromatic carbocycles. The van der Waals surface area contributed by atoms with Gasteiger partial charge in [-0.3, -0.25) is 4.79 Å². The summed E-state index contributed by atoms with van der Waals surface area (Å²) in [7, 11) is 0. The third-order valence-electron chi connectivity index (χ3n) is 3.27. The predicted molar refractivity (Wildman–Crippen MR) is 67.6 cm³/mol. The van der Waals surface area contributed by atoms with E-state index in [4.69, 9.17) is 22.7 Å². The molecule has 0 aromatic heterocycles. The van der Waals surface area contributed by atoms with E-state index in [9.17, 15) is 18.0 Å². The Bertz CT molecular complexity index is 354. The second-order valence-electron chi connectivity index (χ2n) is 4.49. The van der Waals surface area contributed by atoms with E-state index in [1.165, 1.54) is 6.92 Å². The van der Waals surface area contributed by atoms with E-state index in [1.54, 1.807) is 0 Å². The van der Waals surface area contributed by atoms with Crippen LogP contribution >= 0.6 is 12.2 Å². The van der Waals surface area contributed by atoms with Crippen LogP contribution < -0.4 is 5.73 Å². The summed E-state index contributed by atoms with van der Waals surface area (Å²) >= 11 is 4.91. The number of rotatable bonds is 4. The smallest absolute Gasteiger partial charge is 0.392 e. The monoisotopic (exact) mass is 298 g/mol. The summed E-state index contributed by atoms with van der Waals surface area (Å²) in [4.78, 5) is 13.1. The molecule has 1 aliphatic heterocycles. The molecule has 2 N–H and O–H groups in total. The van der Waals surface area contributed by atoms with Crippen LogP contribution in [-0.4, -0.2) is 48.3 Å². The molecule has 1 heterocycles. The Labute approximate surface area is 115 Å². The Morgan fingerprint density at radius 3 is 2.32 bits per heavy atom. The van der Waals surface area contributed by atoms with Gasteiger partial charge in [0.2, 0.25) is 5.91 Å². The van der Waals surface area contributed by atoms with Crippen molar-refractivity contribution in [1.82, 2.24) is 4.90 Å². The lowest BCUT2D eigenvalue weighted by Crippen LogP contribution is -2.54. The number of ether oxygens (including phenoxy) is 1. The van der Waals surface area contributed by atoms with Crippen molar-refractivity contribution in [2.45, 2.75) is 25.9 Å². The molecule has 0 aliphatic carbocycles. The van der Waals surface area contributed by atoms with E-state index < -0.39 is 24.0 Å². The van der Waals surface area contributed by atoms with E-state index in [0.29, 0.717) is 0 Å². The van der Waals surface area contributed by atoms with Crippen LogP contribution in [0.1, 0.15) is 19.8 Å². The van der Waals surface area contributed by atoms with Crippen LogP contribution in [0.2, 0.25) is 0 Å². The summed E-state index contributed by atoms with van der Waals surface area (Å²) in [6, 6.07) is 0. The number of carbonyl (C=O) groups excluding carboxylic acids is 1. The molecule has 0 radical (unpaired) electrons. The average Bonchev–Trinajstić information content (AvgIpc) is 2.34. The van der Waals surface area contributed by atoms with Crippen molar-refractivity contribution in [2.75, 3.05) is 26.3 Å². The predicted octanol–water partition coefficient (Wildman–Crippen LogP) is 1.48. The fourth-order valence-corrected chi connectivity index (χ4v) is 2.42. The van der Waals surface area contributed by atoms with Crippen molar-refractivity contribution in [3.05, 3.63) is 0 Å². The molecule has 0 bridgehead atoms. The highest BCUT2D eigenvalue weighted by molar-refractivity contribution is 7.80. The van der Waals surface area contributed by atoms with Gasteiger partial charge in [0.15, 0.2) is 0 Å². The van der Waals surface area contributed by atoms with E-state index in [0.717, 1.165) is 4.90 Å². The normalized spacial score (nSPS) is 18.9. The molecule has 1 aliphatic rings. The first-order valence-electron chi connectivity index (χ1n) is 5.97. The summed E-state index contributed by atoms with van der Waals surface area (Å²) in [5, 5.41) is 0. The van der Waals surface area contributed by atoms with Crippen molar-refractivity contribution in [2.24, 2.45) is 11.1 Å². The van der Waals surface area contributed by atoms with E-state index in [-0.39, 0.29) is 37.6 Å². The molecule has 1 amide bonds. The molecule has 8 heteroatoms. The summed E-state index contributed by atoms with van der Waals surface area (Å²) in [6.45, 7) is 0.715. The third kappa shape index (κ3) is 3.79. The first kappa shape index (κ1) is 16.2. The Morgan fingerprint density at radius 2 is 1.95 bits per heavy atom. The van der Waals surface area contributed by atoms with Gasteiger partial charge in [-0.15, -0.1) is 0 Å². The van der Waals surface area contributed by atoms with Gasteiger partial charge in [0.25, 0.3) is 0 Å². The fourth-order valence-electron chi connectivity index (χ4n) is 2.13. The van der Waals surface area contributed by atoms with Crippen LogP contribution in [0.4, 0.5) is 13.2 Å². The van der Waals surface area contributed by atoms with Gasteiger partial charge in [0, 0.05) is 19.8 Å². The fraction of sp³-hybridized carbons (Fsp3) is 0.818. The highest BCUT2D eigenvalue weighted by Crippen LogP contribution is 2.34. The molecule has 1 saturated heterocycles. The van der Waals surface area contributed by atoms with Crippen LogP contribution in [0.25, 0.3) is 0 Å². The third-order valence-corrected chi connectivity index (χ3v) is 3.66. The molecule has 110 valence electrons. The van der Waals surface area contributed by atoms with E-state index in [1.807, 2.05) is 0 Å². The molecule has 0 atom stereocenters. The number of hydrogen-bond acceptors (Lipinski definition) is 3. The van der Waals surface area contributed by atoms with Gasteiger partial charge in [-0.25, -0.2) is 0 Å². The minimum absolute atomic E-state index is 0.0381. The molecule has 1 rings (SSSR count). The molecule has 0 aromatic rings. The number of amides is 1. The average molecular weight is 298 g/mol. The zero-order valence-corrected chi connectivity index (χ0v) is 11.4. The van der Waals surface area contributed by atoms with Gasteiger partial charge in [-0.05, 0) is 19.8 Å². The zero-order chi connectivity index (χ0) is 14.7. The highest BCUT2D eigenvalue weighted by atomic mass is 32.1. The number of alkyl halides is 3. The standard InChI is InChI=1S/C11H17F3N2O2S/c1-2-16(7-11(12,13)14)9(17)10(8(15)19)3-5-18-6-4-10/h2-7H2,1H3,(H2,15,19). The van der Waals surface area contributed by atoms with E-state index in [2.05, 4.69) is 0 Å². The summed E-state index contributed by atoms with van der Waals surface area (Å²) < 4.78 is 42.5. The first-order chi connectivity index (χ1) is 8.73. The molecular weight excluding hydrogens is 281 g/mol. The van der Waals surface area contributed by atoms with Gasteiger partial charge in [-0.1, -0.05) is 12.2 Å². The lowest BCUT2D eigenvalue weighted by molar-refractivity contribution is -0.167. The lowest BCUT2D eigenvalue weighted by Gasteiger charge is -2.38. The minimum atomic E-state index is -4.44. The zero-order valence-electron chi connectivity index (χ0n) is 10.6. The van der Waals surface area contributed by atoms with Crippen LogP contribution in [0.3, 0.4) is 0 Å². The van der Waals surface area contributed by atoms with E-state index >= 15 is 0 Å². The van der Waals surface area contributed by atoms with Crippen LogP contribution in [0.15, 0.2) is 0 Å². The van der Waals surface area contributed by atoms with Gasteiger partial charge in [0.05, 0.1) is 4.99 Å². The minimum Gasteiger partial charge on any atom is -0.392 e. The topological polar surface area (TPSA) is 55.6 Å². The molecule has 4 nitrogen and oxygen atoms in total. The maximum Gasteiger partial charge on any atom is 0.406 e. The Kier molecular flexibility index (Phi) is 5.14. The van der Waals surface area contributed by atoms with Gasteiger partial charge < -0.3 is 15.4 Å². The number of nitrogens with zero attached hydrogens (tertiary/aromatic N) is 1.